The van der Waals surface area contributed by atoms with Gasteiger partial charge in [0.2, 0.25) is 0 Å². The van der Waals surface area contributed by atoms with E-state index in [4.69, 9.17) is 5.11 Å². The van der Waals surface area contributed by atoms with Gasteiger partial charge in [0.05, 0.1) is 0 Å². The quantitative estimate of drug-likeness (QED) is 0.659. The molecule has 18 heavy (non-hydrogen) atoms. The Morgan fingerprint density at radius 2 is 1.89 bits per heavy atom. The highest BCUT2D eigenvalue weighted by atomic mass is 16.3. The number of hydrogen-bond donors (Lipinski definition) is 3. The van der Waals surface area contributed by atoms with Crippen LogP contribution >= 0.6 is 0 Å². The smallest absolute Gasteiger partial charge is 0.132 e. The molecule has 0 aliphatic heterocycles. The Bertz CT molecular complexity index is 357. The van der Waals surface area contributed by atoms with Gasteiger partial charge in [0, 0.05) is 32.2 Å². The predicted octanol–water partition coefficient (Wildman–Crippen LogP) is 1.90. The van der Waals surface area contributed by atoms with Crippen molar-refractivity contribution >= 4 is 11.6 Å². The molecule has 1 heterocycles. The van der Waals surface area contributed by atoms with Crippen LogP contribution in [-0.4, -0.2) is 34.8 Å². The molecule has 1 rings (SSSR count). The van der Waals surface area contributed by atoms with Crippen molar-refractivity contribution in [2.45, 2.75) is 33.6 Å². The molecule has 1 unspecified atom stereocenters. The van der Waals surface area contributed by atoms with Crippen LogP contribution in [0.2, 0.25) is 0 Å². The SMILES string of the molecule is CCNc1cc(NCC(C)CCO)nc(CC)n1. The van der Waals surface area contributed by atoms with Gasteiger partial charge in [-0.25, -0.2) is 9.97 Å². The van der Waals surface area contributed by atoms with E-state index in [0.717, 1.165) is 43.4 Å². The molecule has 1 aromatic heterocycles. The molecular weight excluding hydrogens is 228 g/mol. The van der Waals surface area contributed by atoms with E-state index in [2.05, 4.69) is 27.5 Å². The molecule has 0 saturated heterocycles. The third kappa shape index (κ3) is 4.87. The van der Waals surface area contributed by atoms with Crippen molar-refractivity contribution in [1.82, 2.24) is 9.97 Å². The Labute approximate surface area is 109 Å². The fraction of sp³-hybridized carbons (Fsp3) is 0.692. The number of anilines is 2. The molecule has 0 aromatic carbocycles. The van der Waals surface area contributed by atoms with Gasteiger partial charge >= 0.3 is 0 Å². The second kappa shape index (κ2) is 7.87. The molecule has 1 atom stereocenters. The van der Waals surface area contributed by atoms with Crippen LogP contribution in [0.1, 0.15) is 33.0 Å². The van der Waals surface area contributed by atoms with Crippen molar-refractivity contribution in [1.29, 1.82) is 0 Å². The first-order chi connectivity index (χ1) is 8.69. The standard InChI is InChI=1S/C13H24N4O/c1-4-11-16-12(14-5-2)8-13(17-11)15-9-10(3)6-7-18/h8,10,18H,4-7,9H2,1-3H3,(H2,14,15,16,17). The van der Waals surface area contributed by atoms with Gasteiger partial charge in [0.1, 0.15) is 17.5 Å². The van der Waals surface area contributed by atoms with E-state index in [1.807, 2.05) is 19.9 Å². The van der Waals surface area contributed by atoms with Crippen LogP contribution in [-0.2, 0) is 6.42 Å². The zero-order chi connectivity index (χ0) is 13.4. The first-order valence-corrected chi connectivity index (χ1v) is 6.66. The minimum atomic E-state index is 0.232. The average molecular weight is 252 g/mol. The van der Waals surface area contributed by atoms with Gasteiger partial charge in [-0.3, -0.25) is 0 Å². The van der Waals surface area contributed by atoms with Crippen molar-refractivity contribution < 1.29 is 5.11 Å². The maximum atomic E-state index is 8.87. The zero-order valence-electron chi connectivity index (χ0n) is 11.5. The fourth-order valence-corrected chi connectivity index (χ4v) is 1.62. The number of rotatable bonds is 8. The Kier molecular flexibility index (Phi) is 6.43. The van der Waals surface area contributed by atoms with E-state index in [-0.39, 0.29) is 6.61 Å². The highest BCUT2D eigenvalue weighted by Crippen LogP contribution is 2.12. The zero-order valence-corrected chi connectivity index (χ0v) is 11.5. The Hall–Kier alpha value is -1.36. The summed E-state index contributed by atoms with van der Waals surface area (Å²) >= 11 is 0. The lowest BCUT2D eigenvalue weighted by atomic mass is 10.1. The van der Waals surface area contributed by atoms with Crippen LogP contribution < -0.4 is 10.6 Å². The molecule has 0 radical (unpaired) electrons. The first kappa shape index (κ1) is 14.7. The van der Waals surface area contributed by atoms with Crippen molar-refractivity contribution in [3.8, 4) is 0 Å². The van der Waals surface area contributed by atoms with E-state index in [1.165, 1.54) is 0 Å². The maximum absolute atomic E-state index is 8.87. The summed E-state index contributed by atoms with van der Waals surface area (Å²) in [5, 5.41) is 15.4. The van der Waals surface area contributed by atoms with Crippen molar-refractivity contribution in [3.63, 3.8) is 0 Å². The third-order valence-electron chi connectivity index (χ3n) is 2.70. The molecule has 5 heteroatoms. The fourth-order valence-electron chi connectivity index (χ4n) is 1.62. The minimum absolute atomic E-state index is 0.232. The molecule has 0 bridgehead atoms. The van der Waals surface area contributed by atoms with Crippen LogP contribution in [0.3, 0.4) is 0 Å². The van der Waals surface area contributed by atoms with Crippen molar-refractivity contribution in [3.05, 3.63) is 11.9 Å². The molecule has 0 aliphatic rings. The summed E-state index contributed by atoms with van der Waals surface area (Å²) in [6.45, 7) is 8.09. The van der Waals surface area contributed by atoms with Crippen LogP contribution in [0.15, 0.2) is 6.07 Å². The van der Waals surface area contributed by atoms with Crippen LogP contribution in [0, 0.1) is 5.92 Å². The van der Waals surface area contributed by atoms with Gasteiger partial charge in [0.15, 0.2) is 0 Å². The largest absolute Gasteiger partial charge is 0.396 e. The molecular formula is C13H24N4O. The van der Waals surface area contributed by atoms with Gasteiger partial charge in [-0.1, -0.05) is 13.8 Å². The van der Waals surface area contributed by atoms with Crippen LogP contribution in [0.4, 0.5) is 11.6 Å². The lowest BCUT2D eigenvalue weighted by molar-refractivity contribution is 0.266. The first-order valence-electron chi connectivity index (χ1n) is 6.66. The van der Waals surface area contributed by atoms with Crippen LogP contribution in [0.5, 0.6) is 0 Å². The molecule has 1 aromatic rings. The summed E-state index contributed by atoms with van der Waals surface area (Å²) < 4.78 is 0. The van der Waals surface area contributed by atoms with Gasteiger partial charge < -0.3 is 15.7 Å². The summed E-state index contributed by atoms with van der Waals surface area (Å²) in [5.41, 5.74) is 0. The minimum Gasteiger partial charge on any atom is -0.396 e. The number of nitrogens with one attached hydrogen (secondary N) is 2. The molecule has 0 saturated carbocycles. The summed E-state index contributed by atoms with van der Waals surface area (Å²) in [4.78, 5) is 8.84. The van der Waals surface area contributed by atoms with Gasteiger partial charge in [-0.05, 0) is 19.3 Å². The monoisotopic (exact) mass is 252 g/mol. The van der Waals surface area contributed by atoms with E-state index in [1.54, 1.807) is 0 Å². The Morgan fingerprint density at radius 3 is 2.44 bits per heavy atom. The Balaban J connectivity index is 2.65. The van der Waals surface area contributed by atoms with Gasteiger partial charge in [-0.2, -0.15) is 0 Å². The number of aryl methyl sites for hydroxylation is 1. The molecule has 0 aliphatic carbocycles. The number of aliphatic hydroxyl groups is 1. The van der Waals surface area contributed by atoms with E-state index in [9.17, 15) is 0 Å². The number of nitrogens with zero attached hydrogens (tertiary/aromatic N) is 2. The molecule has 102 valence electrons. The van der Waals surface area contributed by atoms with Gasteiger partial charge in [-0.15, -0.1) is 0 Å². The normalized spacial score (nSPS) is 12.2. The number of aliphatic hydroxyl groups excluding tert-OH is 1. The highest BCUT2D eigenvalue weighted by Gasteiger charge is 2.05. The molecule has 0 fully saturated rings. The topological polar surface area (TPSA) is 70.1 Å². The van der Waals surface area contributed by atoms with Crippen molar-refractivity contribution in [2.24, 2.45) is 5.92 Å². The lowest BCUT2D eigenvalue weighted by Crippen LogP contribution is -2.14. The summed E-state index contributed by atoms with van der Waals surface area (Å²) in [6, 6.07) is 1.92. The molecule has 3 N–H and O–H groups in total. The summed E-state index contributed by atoms with van der Waals surface area (Å²) in [7, 11) is 0. The second-order valence-corrected chi connectivity index (χ2v) is 4.44. The summed E-state index contributed by atoms with van der Waals surface area (Å²) in [6.07, 6.45) is 1.62. The van der Waals surface area contributed by atoms with Crippen molar-refractivity contribution in [2.75, 3.05) is 30.3 Å². The Morgan fingerprint density at radius 1 is 1.22 bits per heavy atom. The number of aromatic nitrogens is 2. The van der Waals surface area contributed by atoms with Crippen LogP contribution in [0.25, 0.3) is 0 Å². The third-order valence-corrected chi connectivity index (χ3v) is 2.70. The predicted molar refractivity (Wildman–Crippen MR) is 74.9 cm³/mol. The van der Waals surface area contributed by atoms with E-state index < -0.39 is 0 Å². The van der Waals surface area contributed by atoms with E-state index in [0.29, 0.717) is 5.92 Å². The molecule has 0 amide bonds. The maximum Gasteiger partial charge on any atom is 0.132 e. The summed E-state index contributed by atoms with van der Waals surface area (Å²) in [5.74, 6) is 2.98. The second-order valence-electron chi connectivity index (χ2n) is 4.44. The van der Waals surface area contributed by atoms with Gasteiger partial charge in [0.25, 0.3) is 0 Å². The van der Waals surface area contributed by atoms with E-state index >= 15 is 0 Å². The highest BCUT2D eigenvalue weighted by molar-refractivity contribution is 5.47. The molecule has 0 spiro atoms. The average Bonchev–Trinajstić information content (AvgIpc) is 2.37. The number of hydrogen-bond acceptors (Lipinski definition) is 5. The molecule has 5 nitrogen and oxygen atoms in total. The lowest BCUT2D eigenvalue weighted by Gasteiger charge is -2.13.